The number of rotatable bonds is 24. The minimum absolute atomic E-state index is 0.0255. The molecule has 0 radical (unpaired) electrons. The first-order valence-corrected chi connectivity index (χ1v) is 12.0. The van der Waals surface area contributed by atoms with Crippen molar-refractivity contribution in [2.24, 2.45) is 0 Å². The lowest BCUT2D eigenvalue weighted by Crippen LogP contribution is -2.15. The standard InChI is InChI=1S/C24H39NO10/c1-2-3-4-5-24(26)35-21-19-33-17-15-31-13-11-29-10-12-30-14-16-32-18-20-34-23-8-6-22(7-9-23)25(27)28/h6-9H,2-5,10-21H2,1H3. The van der Waals surface area contributed by atoms with Gasteiger partial charge in [-0.2, -0.15) is 0 Å². The molecular formula is C24H39NO10. The van der Waals surface area contributed by atoms with Gasteiger partial charge in [0.05, 0.1) is 71.0 Å². The van der Waals surface area contributed by atoms with Crippen LogP contribution in [0, 0.1) is 10.1 Å². The number of carbonyl (C=O) groups excluding carboxylic acids is 1. The van der Waals surface area contributed by atoms with Gasteiger partial charge in [0, 0.05) is 18.6 Å². The van der Waals surface area contributed by atoms with Gasteiger partial charge in [-0.25, -0.2) is 0 Å². The van der Waals surface area contributed by atoms with Gasteiger partial charge in [-0.15, -0.1) is 0 Å². The van der Waals surface area contributed by atoms with Crippen LogP contribution >= 0.6 is 0 Å². The predicted molar refractivity (Wildman–Crippen MR) is 128 cm³/mol. The van der Waals surface area contributed by atoms with E-state index in [1.54, 1.807) is 12.1 Å². The summed E-state index contributed by atoms with van der Waals surface area (Å²) in [5, 5.41) is 10.6. The smallest absolute Gasteiger partial charge is 0.305 e. The highest BCUT2D eigenvalue weighted by Gasteiger charge is 2.04. The van der Waals surface area contributed by atoms with Crippen molar-refractivity contribution in [2.45, 2.75) is 32.6 Å². The van der Waals surface area contributed by atoms with E-state index in [0.717, 1.165) is 19.3 Å². The van der Waals surface area contributed by atoms with E-state index in [2.05, 4.69) is 6.92 Å². The maximum absolute atomic E-state index is 11.4. The van der Waals surface area contributed by atoms with E-state index in [9.17, 15) is 14.9 Å². The number of nitrogens with zero attached hydrogens (tertiary/aromatic N) is 1. The summed E-state index contributed by atoms with van der Waals surface area (Å²) < 4.78 is 37.5. The topological polar surface area (TPSA) is 125 Å². The van der Waals surface area contributed by atoms with Gasteiger partial charge in [-0.05, 0) is 18.6 Å². The minimum Gasteiger partial charge on any atom is -0.491 e. The predicted octanol–water partition coefficient (Wildman–Crippen LogP) is 3.18. The number of nitro groups is 1. The number of benzene rings is 1. The molecule has 0 aliphatic carbocycles. The molecule has 0 bridgehead atoms. The average molecular weight is 502 g/mol. The van der Waals surface area contributed by atoms with E-state index in [1.165, 1.54) is 12.1 Å². The summed E-state index contributed by atoms with van der Waals surface area (Å²) in [6.07, 6.45) is 3.47. The maximum Gasteiger partial charge on any atom is 0.305 e. The van der Waals surface area contributed by atoms with Gasteiger partial charge < -0.3 is 33.2 Å². The second kappa shape index (κ2) is 22.2. The number of carbonyl (C=O) groups is 1. The average Bonchev–Trinajstić information content (AvgIpc) is 2.86. The number of non-ortho nitro benzene ring substituents is 1. The molecule has 0 unspecified atom stereocenters. The summed E-state index contributed by atoms with van der Waals surface area (Å²) in [5.74, 6) is 0.387. The highest BCUT2D eigenvalue weighted by molar-refractivity contribution is 5.69. The molecule has 11 nitrogen and oxygen atoms in total. The van der Waals surface area contributed by atoms with E-state index >= 15 is 0 Å². The first-order chi connectivity index (χ1) is 17.1. The first kappa shape index (κ1) is 30.7. The molecule has 200 valence electrons. The quantitative estimate of drug-likeness (QED) is 0.0902. The number of hydrogen-bond acceptors (Lipinski definition) is 10. The second-order valence-corrected chi connectivity index (χ2v) is 7.34. The summed E-state index contributed by atoms with van der Waals surface area (Å²) in [6.45, 7) is 7.11. The highest BCUT2D eigenvalue weighted by Crippen LogP contribution is 2.17. The molecule has 0 saturated carbocycles. The van der Waals surface area contributed by atoms with Crippen LogP contribution in [0.25, 0.3) is 0 Å². The largest absolute Gasteiger partial charge is 0.491 e. The number of esters is 1. The molecular weight excluding hydrogens is 462 g/mol. The Morgan fingerprint density at radius 2 is 1.17 bits per heavy atom. The van der Waals surface area contributed by atoms with Crippen LogP contribution in [0.2, 0.25) is 0 Å². The van der Waals surface area contributed by atoms with Crippen LogP contribution in [-0.2, 0) is 33.2 Å². The Balaban J connectivity index is 1.74. The molecule has 1 rings (SSSR count). The van der Waals surface area contributed by atoms with Gasteiger partial charge in [0.25, 0.3) is 5.69 Å². The van der Waals surface area contributed by atoms with Gasteiger partial charge >= 0.3 is 5.97 Å². The molecule has 0 spiro atoms. The molecule has 0 fully saturated rings. The summed E-state index contributed by atoms with van der Waals surface area (Å²) in [6, 6.07) is 5.90. The number of ether oxygens (including phenoxy) is 7. The van der Waals surface area contributed by atoms with E-state index < -0.39 is 4.92 Å². The molecule has 0 atom stereocenters. The maximum atomic E-state index is 11.4. The molecule has 11 heteroatoms. The lowest BCUT2D eigenvalue weighted by atomic mass is 10.2. The van der Waals surface area contributed by atoms with Crippen molar-refractivity contribution < 1.29 is 42.9 Å². The van der Waals surface area contributed by atoms with Crippen molar-refractivity contribution in [2.75, 3.05) is 79.3 Å². The fraction of sp³-hybridized carbons (Fsp3) is 0.708. The summed E-state index contributed by atoms with van der Waals surface area (Å²) >= 11 is 0. The molecule has 0 saturated heterocycles. The number of unbranched alkanes of at least 4 members (excludes halogenated alkanes) is 2. The zero-order valence-corrected chi connectivity index (χ0v) is 20.7. The van der Waals surface area contributed by atoms with Gasteiger partial charge in [0.2, 0.25) is 0 Å². The van der Waals surface area contributed by atoms with Crippen LogP contribution in [-0.4, -0.2) is 90.2 Å². The van der Waals surface area contributed by atoms with E-state index in [1.807, 2.05) is 0 Å². The molecule has 0 aliphatic rings. The summed E-state index contributed by atoms with van der Waals surface area (Å²) in [5.41, 5.74) is 0.0255. The van der Waals surface area contributed by atoms with Crippen LogP contribution < -0.4 is 4.74 Å². The third kappa shape index (κ3) is 18.7. The van der Waals surface area contributed by atoms with E-state index in [0.29, 0.717) is 84.8 Å². The van der Waals surface area contributed by atoms with Crippen molar-refractivity contribution in [3.8, 4) is 5.75 Å². The molecule has 0 aromatic heterocycles. The molecule has 0 amide bonds. The van der Waals surface area contributed by atoms with Crippen molar-refractivity contribution >= 4 is 11.7 Å². The third-order valence-corrected chi connectivity index (χ3v) is 4.51. The summed E-state index contributed by atoms with van der Waals surface area (Å²) in [7, 11) is 0. The normalized spacial score (nSPS) is 10.9. The lowest BCUT2D eigenvalue weighted by molar-refractivity contribution is -0.384. The lowest BCUT2D eigenvalue weighted by Gasteiger charge is -2.09. The van der Waals surface area contributed by atoms with Gasteiger partial charge in [0.1, 0.15) is 19.0 Å². The molecule has 1 aromatic carbocycles. The van der Waals surface area contributed by atoms with Crippen LogP contribution in [0.5, 0.6) is 5.75 Å². The van der Waals surface area contributed by atoms with Crippen LogP contribution in [0.3, 0.4) is 0 Å². The second-order valence-electron chi connectivity index (χ2n) is 7.34. The van der Waals surface area contributed by atoms with Crippen molar-refractivity contribution in [1.29, 1.82) is 0 Å². The van der Waals surface area contributed by atoms with Crippen molar-refractivity contribution in [1.82, 2.24) is 0 Å². The van der Waals surface area contributed by atoms with Gasteiger partial charge in [0.15, 0.2) is 0 Å². The summed E-state index contributed by atoms with van der Waals surface area (Å²) in [4.78, 5) is 21.5. The van der Waals surface area contributed by atoms with Gasteiger partial charge in [-0.1, -0.05) is 19.8 Å². The van der Waals surface area contributed by atoms with Crippen molar-refractivity contribution in [3.63, 3.8) is 0 Å². The zero-order valence-electron chi connectivity index (χ0n) is 20.7. The third-order valence-electron chi connectivity index (χ3n) is 4.51. The van der Waals surface area contributed by atoms with Crippen LogP contribution in [0.1, 0.15) is 32.6 Å². The van der Waals surface area contributed by atoms with E-state index in [4.69, 9.17) is 33.2 Å². The number of hydrogen-bond donors (Lipinski definition) is 0. The Bertz CT molecular complexity index is 656. The molecule has 35 heavy (non-hydrogen) atoms. The minimum atomic E-state index is -0.454. The Morgan fingerprint density at radius 3 is 1.63 bits per heavy atom. The Labute approximate surface area is 207 Å². The SMILES string of the molecule is CCCCCC(=O)OCCOCCOCCOCCOCCOCCOc1ccc([N+](=O)[O-])cc1. The van der Waals surface area contributed by atoms with E-state index in [-0.39, 0.29) is 18.3 Å². The highest BCUT2D eigenvalue weighted by atomic mass is 16.6. The Hall–Kier alpha value is -2.31. The Kier molecular flexibility index (Phi) is 19.5. The van der Waals surface area contributed by atoms with Gasteiger partial charge in [-0.3, -0.25) is 14.9 Å². The van der Waals surface area contributed by atoms with Crippen molar-refractivity contribution in [3.05, 3.63) is 34.4 Å². The number of nitro benzene ring substituents is 1. The molecule has 0 heterocycles. The first-order valence-electron chi connectivity index (χ1n) is 12.0. The monoisotopic (exact) mass is 501 g/mol. The molecule has 0 N–H and O–H groups in total. The molecule has 0 aliphatic heterocycles. The fourth-order valence-corrected chi connectivity index (χ4v) is 2.67. The van der Waals surface area contributed by atoms with Crippen LogP contribution in [0.4, 0.5) is 5.69 Å². The molecule has 1 aromatic rings. The fourth-order valence-electron chi connectivity index (χ4n) is 2.67. The Morgan fingerprint density at radius 1 is 0.714 bits per heavy atom. The zero-order chi connectivity index (χ0) is 25.4. The van der Waals surface area contributed by atoms with Crippen LogP contribution in [0.15, 0.2) is 24.3 Å².